The summed E-state index contributed by atoms with van der Waals surface area (Å²) in [5, 5.41) is 7.13. The molecule has 0 saturated heterocycles. The molecule has 108 valence electrons. The highest BCUT2D eigenvalue weighted by molar-refractivity contribution is 5.86. The summed E-state index contributed by atoms with van der Waals surface area (Å²) >= 11 is 0. The fourth-order valence-electron chi connectivity index (χ4n) is 1.84. The molecule has 2 N–H and O–H groups in total. The molecule has 0 saturated carbocycles. The zero-order chi connectivity index (χ0) is 15.1. The first kappa shape index (κ1) is 14.8. The van der Waals surface area contributed by atoms with E-state index in [1.54, 1.807) is 13.1 Å². The highest BCUT2D eigenvalue weighted by Gasteiger charge is 2.12. The summed E-state index contributed by atoms with van der Waals surface area (Å²) in [6.07, 6.45) is 1.62. The third-order valence-corrected chi connectivity index (χ3v) is 3.10. The van der Waals surface area contributed by atoms with Gasteiger partial charge in [0.05, 0.1) is 6.21 Å². The van der Waals surface area contributed by atoms with Crippen molar-refractivity contribution in [2.75, 3.05) is 5.32 Å². The molecule has 2 aromatic carbocycles. The lowest BCUT2D eigenvalue weighted by Gasteiger charge is -2.15. The first-order valence-corrected chi connectivity index (χ1v) is 6.87. The smallest absolute Gasteiger partial charge is 0.262 e. The SMILES string of the molecule is Cc1ccccc1NC(C)C(=O)N/N=C/c1ccccc1. The number of hydrazone groups is 1. The molecule has 2 aromatic rings. The van der Waals surface area contributed by atoms with E-state index in [1.807, 2.05) is 61.5 Å². The van der Waals surface area contributed by atoms with Gasteiger partial charge in [-0.25, -0.2) is 5.43 Å². The van der Waals surface area contributed by atoms with Crippen LogP contribution in [-0.4, -0.2) is 18.2 Å². The molecule has 4 nitrogen and oxygen atoms in total. The number of rotatable bonds is 5. The van der Waals surface area contributed by atoms with Crippen molar-refractivity contribution in [2.24, 2.45) is 5.10 Å². The van der Waals surface area contributed by atoms with Gasteiger partial charge in [0.1, 0.15) is 6.04 Å². The highest BCUT2D eigenvalue weighted by Crippen LogP contribution is 2.14. The Labute approximate surface area is 124 Å². The molecule has 1 amide bonds. The Morgan fingerprint density at radius 3 is 2.48 bits per heavy atom. The normalized spacial score (nSPS) is 12.1. The van der Waals surface area contributed by atoms with Crippen LogP contribution in [0, 0.1) is 6.92 Å². The van der Waals surface area contributed by atoms with E-state index in [4.69, 9.17) is 0 Å². The number of carbonyl (C=O) groups is 1. The molecule has 0 bridgehead atoms. The summed E-state index contributed by atoms with van der Waals surface area (Å²) in [6, 6.07) is 17.1. The van der Waals surface area contributed by atoms with Crippen LogP contribution in [0.1, 0.15) is 18.1 Å². The summed E-state index contributed by atoms with van der Waals surface area (Å²) < 4.78 is 0. The van der Waals surface area contributed by atoms with Gasteiger partial charge >= 0.3 is 0 Å². The number of nitrogens with one attached hydrogen (secondary N) is 2. The maximum absolute atomic E-state index is 12.0. The summed E-state index contributed by atoms with van der Waals surface area (Å²) in [4.78, 5) is 12.0. The molecule has 0 spiro atoms. The van der Waals surface area contributed by atoms with E-state index in [0.29, 0.717) is 0 Å². The third-order valence-electron chi connectivity index (χ3n) is 3.10. The van der Waals surface area contributed by atoms with Crippen LogP contribution in [0.5, 0.6) is 0 Å². The lowest BCUT2D eigenvalue weighted by molar-refractivity contribution is -0.121. The van der Waals surface area contributed by atoms with Gasteiger partial charge < -0.3 is 5.32 Å². The van der Waals surface area contributed by atoms with Crippen LogP contribution in [0.25, 0.3) is 0 Å². The van der Waals surface area contributed by atoms with Crippen LogP contribution < -0.4 is 10.7 Å². The topological polar surface area (TPSA) is 53.5 Å². The van der Waals surface area contributed by atoms with E-state index in [2.05, 4.69) is 15.8 Å². The second-order valence-electron chi connectivity index (χ2n) is 4.83. The van der Waals surface area contributed by atoms with Gasteiger partial charge in [0.2, 0.25) is 0 Å². The third kappa shape index (κ3) is 4.45. The van der Waals surface area contributed by atoms with Gasteiger partial charge in [0, 0.05) is 5.69 Å². The number of benzene rings is 2. The molecule has 2 rings (SSSR count). The second-order valence-corrected chi connectivity index (χ2v) is 4.83. The first-order valence-electron chi connectivity index (χ1n) is 6.87. The second kappa shape index (κ2) is 7.24. The Kier molecular flexibility index (Phi) is 5.10. The van der Waals surface area contributed by atoms with E-state index in [-0.39, 0.29) is 11.9 Å². The largest absolute Gasteiger partial charge is 0.374 e. The predicted molar refractivity (Wildman–Crippen MR) is 86.4 cm³/mol. The predicted octanol–water partition coefficient (Wildman–Crippen LogP) is 2.95. The van der Waals surface area contributed by atoms with Crippen molar-refractivity contribution < 1.29 is 4.79 Å². The van der Waals surface area contributed by atoms with Crippen molar-refractivity contribution in [3.63, 3.8) is 0 Å². The van der Waals surface area contributed by atoms with Gasteiger partial charge in [0.25, 0.3) is 5.91 Å². The van der Waals surface area contributed by atoms with Crippen LogP contribution in [0.3, 0.4) is 0 Å². The summed E-state index contributed by atoms with van der Waals surface area (Å²) in [7, 11) is 0. The highest BCUT2D eigenvalue weighted by atomic mass is 16.2. The fraction of sp³-hybridized carbons (Fsp3) is 0.176. The molecule has 4 heteroatoms. The van der Waals surface area contributed by atoms with E-state index >= 15 is 0 Å². The standard InChI is InChI=1S/C17H19N3O/c1-13-8-6-7-11-16(13)19-14(2)17(21)20-18-12-15-9-4-3-5-10-15/h3-12,14,19H,1-2H3,(H,20,21)/b18-12+. The molecule has 1 unspecified atom stereocenters. The molecule has 0 aliphatic heterocycles. The van der Waals surface area contributed by atoms with Crippen molar-refractivity contribution in [3.05, 3.63) is 65.7 Å². The summed E-state index contributed by atoms with van der Waals surface area (Å²) in [5.74, 6) is -0.176. The van der Waals surface area contributed by atoms with Gasteiger partial charge in [-0.2, -0.15) is 5.10 Å². The number of anilines is 1. The van der Waals surface area contributed by atoms with Crippen LogP contribution in [0.15, 0.2) is 59.7 Å². The van der Waals surface area contributed by atoms with Crippen LogP contribution in [0.4, 0.5) is 5.69 Å². The van der Waals surface area contributed by atoms with Gasteiger partial charge in [-0.15, -0.1) is 0 Å². The van der Waals surface area contributed by atoms with E-state index < -0.39 is 0 Å². The minimum Gasteiger partial charge on any atom is -0.374 e. The summed E-state index contributed by atoms with van der Waals surface area (Å²) in [6.45, 7) is 3.81. The molecule has 1 atom stereocenters. The zero-order valence-electron chi connectivity index (χ0n) is 12.2. The lowest BCUT2D eigenvalue weighted by atomic mass is 10.2. The number of carbonyl (C=O) groups excluding carboxylic acids is 1. The average molecular weight is 281 g/mol. The van der Waals surface area contributed by atoms with Crippen molar-refractivity contribution in [2.45, 2.75) is 19.9 Å². The quantitative estimate of drug-likeness (QED) is 0.654. The number of aryl methyl sites for hydroxylation is 1. The number of hydrogen-bond donors (Lipinski definition) is 2. The Bertz CT molecular complexity index is 623. The van der Waals surface area contributed by atoms with Gasteiger partial charge in [-0.05, 0) is 31.0 Å². The zero-order valence-corrected chi connectivity index (χ0v) is 12.2. The van der Waals surface area contributed by atoms with Gasteiger partial charge in [-0.1, -0.05) is 48.5 Å². The molecule has 0 aliphatic carbocycles. The minimum atomic E-state index is -0.362. The van der Waals surface area contributed by atoms with Crippen molar-refractivity contribution >= 4 is 17.8 Å². The number of para-hydroxylation sites is 1. The molecular formula is C17H19N3O. The molecule has 0 aliphatic rings. The van der Waals surface area contributed by atoms with Crippen molar-refractivity contribution in [1.29, 1.82) is 0 Å². The molecule has 21 heavy (non-hydrogen) atoms. The first-order chi connectivity index (χ1) is 10.2. The molecule has 0 fully saturated rings. The monoisotopic (exact) mass is 281 g/mol. The molecule has 0 aromatic heterocycles. The molecule has 0 radical (unpaired) electrons. The molecule has 0 heterocycles. The minimum absolute atomic E-state index is 0.176. The lowest BCUT2D eigenvalue weighted by Crippen LogP contribution is -2.35. The molecular weight excluding hydrogens is 262 g/mol. The van der Waals surface area contributed by atoms with E-state index in [0.717, 1.165) is 16.8 Å². The summed E-state index contributed by atoms with van der Waals surface area (Å²) in [5.41, 5.74) is 5.53. The Balaban J connectivity index is 1.88. The Morgan fingerprint density at radius 2 is 1.76 bits per heavy atom. The number of nitrogens with zero attached hydrogens (tertiary/aromatic N) is 1. The average Bonchev–Trinajstić information content (AvgIpc) is 2.50. The van der Waals surface area contributed by atoms with Crippen molar-refractivity contribution in [1.82, 2.24) is 5.43 Å². The van der Waals surface area contributed by atoms with Crippen molar-refractivity contribution in [3.8, 4) is 0 Å². The van der Waals surface area contributed by atoms with E-state index in [1.165, 1.54) is 0 Å². The van der Waals surface area contributed by atoms with Crippen LogP contribution in [0.2, 0.25) is 0 Å². The maximum Gasteiger partial charge on any atom is 0.262 e. The number of amides is 1. The number of hydrogen-bond acceptors (Lipinski definition) is 3. The maximum atomic E-state index is 12.0. The van der Waals surface area contributed by atoms with Gasteiger partial charge in [0.15, 0.2) is 0 Å². The van der Waals surface area contributed by atoms with Gasteiger partial charge in [-0.3, -0.25) is 4.79 Å². The van der Waals surface area contributed by atoms with Crippen LogP contribution >= 0.6 is 0 Å². The fourth-order valence-corrected chi connectivity index (χ4v) is 1.84. The Morgan fingerprint density at radius 1 is 1.10 bits per heavy atom. The van der Waals surface area contributed by atoms with Crippen LogP contribution in [-0.2, 0) is 4.79 Å². The Hall–Kier alpha value is -2.62. The van der Waals surface area contributed by atoms with E-state index in [9.17, 15) is 4.79 Å².